The lowest BCUT2D eigenvalue weighted by molar-refractivity contribution is -0.139. The number of hydrogen-bond donors (Lipinski definition) is 3. The molecule has 11 rings (SSSR count). The summed E-state index contributed by atoms with van der Waals surface area (Å²) in [6.45, 7) is 5.44. The molecule has 0 spiro atoms. The maximum atomic E-state index is 14.1. The SMILES string of the molecule is CC(C)(C(=O)N1C2CCC1CC([C@H](N)Cc1cc(F)c(F)cc1F)C2)S(=O)(=O)N1CCCCC1.COCCN(C)S(=O)(=O)CC(=O)N1C2CCC1CC([C@H](N)Cc1cc(F)c(F)cc1F)C2.N[C@H](Cc1cc(F)c(F)cc1F)C1CC2CCC(C1)N2C(=O)CS(=O)(=O)N1CCOCC1. The molecule has 3 aromatic rings. The molecular formula is C66H92F9N9O11S3. The number of nitrogens with two attached hydrogens (primary N) is 3. The number of hydrogen-bond acceptors (Lipinski definition) is 14. The predicted molar refractivity (Wildman–Crippen MR) is 346 cm³/mol. The molecule has 32 heteroatoms. The first-order chi connectivity index (χ1) is 46.1. The standard InChI is InChI=1S/C24H34F3N3O3S.C21H28F3N3O4S.C21H30F3N3O4S/c1-24(2,34(32,33)29-8-4-3-5-9-29)23(31)30-17-6-7-18(30)11-16(10-17)22(28)13-15-12-20(26)21(27)14-19(15)25;22-17-11-19(24)18(23)9-13(17)10-20(25)14-7-15-1-2-16(8-14)27(15)21(28)12-32(29,30)26-3-5-31-6-4-26;1-26(5-6-31-2)32(29,30)12-21(28)27-15-3-4-16(27)8-14(7-15)20(25)10-13-9-18(23)19(24)11-17(13)22/h12,14,16-18,22H,3-11,13,28H2,1-2H3;9,11,14-16,20H,1-8,10,12,25H2;9,11,14-16,20H,3-8,10,12,25H2,1-2H3/t16?,17?,18?,22-;2*14?,15?,16?,20-/m111/s1. The van der Waals surface area contributed by atoms with E-state index in [1.807, 2.05) is 0 Å². The van der Waals surface area contributed by atoms with E-state index < -0.39 is 129 Å². The number of nitrogens with zero attached hydrogens (tertiary/aromatic N) is 6. The van der Waals surface area contributed by atoms with Crippen LogP contribution < -0.4 is 17.2 Å². The van der Waals surface area contributed by atoms with Gasteiger partial charge in [-0.25, -0.2) is 73.4 Å². The van der Waals surface area contributed by atoms with Crippen LogP contribution in [0, 0.1) is 70.1 Å². The molecule has 8 aliphatic rings. The van der Waals surface area contributed by atoms with Crippen molar-refractivity contribution in [2.45, 2.75) is 189 Å². The van der Waals surface area contributed by atoms with Gasteiger partial charge in [-0.05, 0) is 176 Å². The number of benzene rings is 3. The molecule has 98 heavy (non-hydrogen) atoms. The van der Waals surface area contributed by atoms with Gasteiger partial charge in [0.25, 0.3) is 0 Å². The van der Waals surface area contributed by atoms with Crippen LogP contribution in [-0.4, -0.2) is 208 Å². The van der Waals surface area contributed by atoms with Gasteiger partial charge in [0, 0.05) is 119 Å². The van der Waals surface area contributed by atoms with Gasteiger partial charge < -0.3 is 41.4 Å². The van der Waals surface area contributed by atoms with Gasteiger partial charge in [-0.2, -0.15) is 4.31 Å². The number of likely N-dealkylation sites (N-methyl/N-ethyl adjacent to an activating group) is 1. The van der Waals surface area contributed by atoms with Crippen molar-refractivity contribution in [2.75, 3.05) is 78.2 Å². The molecule has 9 atom stereocenters. The van der Waals surface area contributed by atoms with Crippen LogP contribution in [-0.2, 0) is 73.2 Å². The summed E-state index contributed by atoms with van der Waals surface area (Å²) in [7, 11) is -8.37. The maximum absolute atomic E-state index is 14.1. The minimum absolute atomic E-state index is 0.0208. The lowest BCUT2D eigenvalue weighted by Crippen LogP contribution is -2.60. The smallest absolute Gasteiger partial charge is 0.245 e. The van der Waals surface area contributed by atoms with Gasteiger partial charge in [0.2, 0.25) is 47.8 Å². The van der Waals surface area contributed by atoms with E-state index in [-0.39, 0.29) is 122 Å². The van der Waals surface area contributed by atoms with Crippen molar-refractivity contribution in [3.63, 3.8) is 0 Å². The van der Waals surface area contributed by atoms with Crippen molar-refractivity contribution in [2.24, 2.45) is 35.0 Å². The third-order valence-corrected chi connectivity index (χ3v) is 27.5. The number of sulfonamides is 3. The topological polar surface area (TPSA) is 270 Å². The molecule has 3 amide bonds. The molecule has 0 aliphatic carbocycles. The fraction of sp³-hybridized carbons (Fsp3) is 0.682. The second kappa shape index (κ2) is 32.1. The summed E-state index contributed by atoms with van der Waals surface area (Å²) < 4.78 is 212. The molecule has 0 aromatic heterocycles. The third-order valence-electron chi connectivity index (χ3n) is 21.4. The highest BCUT2D eigenvalue weighted by molar-refractivity contribution is 7.91. The van der Waals surface area contributed by atoms with E-state index >= 15 is 0 Å². The van der Waals surface area contributed by atoms with E-state index in [1.54, 1.807) is 14.7 Å². The van der Waals surface area contributed by atoms with Crippen molar-refractivity contribution in [1.82, 2.24) is 27.6 Å². The highest BCUT2D eigenvalue weighted by Crippen LogP contribution is 2.45. The van der Waals surface area contributed by atoms with E-state index in [9.17, 15) is 79.2 Å². The predicted octanol–water partition coefficient (Wildman–Crippen LogP) is 6.39. The van der Waals surface area contributed by atoms with Gasteiger partial charge in [0.05, 0.1) is 19.8 Å². The van der Waals surface area contributed by atoms with Gasteiger partial charge in [-0.15, -0.1) is 0 Å². The zero-order chi connectivity index (χ0) is 71.5. The van der Waals surface area contributed by atoms with Crippen molar-refractivity contribution in [3.8, 4) is 0 Å². The van der Waals surface area contributed by atoms with Crippen molar-refractivity contribution in [1.29, 1.82) is 0 Å². The van der Waals surface area contributed by atoms with Crippen molar-refractivity contribution < 1.29 is 88.6 Å². The number of carbonyl (C=O) groups excluding carboxylic acids is 3. The summed E-state index contributed by atoms with van der Waals surface area (Å²) in [6, 6.07) is 1.90. The Balaban J connectivity index is 0.000000172. The number of morpholine rings is 1. The van der Waals surface area contributed by atoms with Gasteiger partial charge in [0.1, 0.15) is 29.0 Å². The summed E-state index contributed by atoms with van der Waals surface area (Å²) in [5.41, 5.74) is 19.1. The molecule has 6 bridgehead atoms. The van der Waals surface area contributed by atoms with Crippen molar-refractivity contribution >= 4 is 47.8 Å². The average molecular weight is 1450 g/mol. The Labute approximate surface area is 568 Å². The van der Waals surface area contributed by atoms with E-state index in [4.69, 9.17) is 26.7 Å². The molecule has 8 saturated heterocycles. The zero-order valence-electron chi connectivity index (χ0n) is 55.7. The molecular weight excluding hydrogens is 1360 g/mol. The van der Waals surface area contributed by atoms with Crippen LogP contribution in [0.25, 0.3) is 0 Å². The Kier molecular flexibility index (Phi) is 25.3. The minimum Gasteiger partial charge on any atom is -0.383 e. The number of piperidine rings is 4. The molecule has 0 radical (unpaired) electrons. The van der Waals surface area contributed by atoms with Crippen LogP contribution in [0.3, 0.4) is 0 Å². The largest absolute Gasteiger partial charge is 0.383 e. The molecule has 20 nitrogen and oxygen atoms in total. The number of amides is 3. The zero-order valence-corrected chi connectivity index (χ0v) is 58.2. The van der Waals surface area contributed by atoms with Crippen LogP contribution in [0.1, 0.15) is 127 Å². The van der Waals surface area contributed by atoms with Crippen molar-refractivity contribution in [3.05, 3.63) is 105 Å². The first-order valence-corrected chi connectivity index (χ1v) is 38.4. The Morgan fingerprint density at radius 1 is 0.510 bits per heavy atom. The van der Waals surface area contributed by atoms with Gasteiger partial charge >= 0.3 is 0 Å². The normalized spacial score (nSPS) is 26.3. The van der Waals surface area contributed by atoms with Gasteiger partial charge in [-0.1, -0.05) is 6.42 Å². The third kappa shape index (κ3) is 17.5. The summed E-state index contributed by atoms with van der Waals surface area (Å²) in [5.74, 6) is -12.0. The highest BCUT2D eigenvalue weighted by atomic mass is 32.2. The summed E-state index contributed by atoms with van der Waals surface area (Å²) in [4.78, 5) is 44.5. The summed E-state index contributed by atoms with van der Waals surface area (Å²) >= 11 is 0. The van der Waals surface area contributed by atoms with Gasteiger partial charge in [-0.3, -0.25) is 14.4 Å². The number of carbonyl (C=O) groups is 3. The number of ether oxygens (including phenoxy) is 2. The van der Waals surface area contributed by atoms with E-state index in [0.717, 1.165) is 80.3 Å². The Hall–Kier alpha value is -5.03. The Morgan fingerprint density at radius 2 is 0.847 bits per heavy atom. The molecule has 8 fully saturated rings. The fourth-order valence-corrected chi connectivity index (χ4v) is 20.1. The first-order valence-electron chi connectivity index (χ1n) is 33.7. The number of halogens is 9. The number of rotatable bonds is 21. The van der Waals surface area contributed by atoms with Crippen LogP contribution >= 0.6 is 0 Å². The fourth-order valence-electron chi connectivity index (χ4n) is 16.0. The van der Waals surface area contributed by atoms with Crippen LogP contribution in [0.15, 0.2) is 36.4 Å². The molecule has 8 aliphatic heterocycles. The van der Waals surface area contributed by atoms with Gasteiger partial charge in [0.15, 0.2) is 39.7 Å². The Bertz CT molecular complexity index is 3670. The van der Waals surface area contributed by atoms with E-state index in [2.05, 4.69) is 0 Å². The second-order valence-electron chi connectivity index (χ2n) is 28.2. The summed E-state index contributed by atoms with van der Waals surface area (Å²) in [6.07, 6.45) is 10.8. The number of methoxy groups -OCH3 is 1. The highest BCUT2D eigenvalue weighted by Gasteiger charge is 2.54. The molecule has 0 saturated carbocycles. The second-order valence-corrected chi connectivity index (χ2v) is 34.7. The lowest BCUT2D eigenvalue weighted by Gasteiger charge is -2.44. The van der Waals surface area contributed by atoms with E-state index in [1.165, 1.54) is 36.6 Å². The average Bonchev–Trinajstić information content (AvgIpc) is 1.39. The maximum Gasteiger partial charge on any atom is 0.245 e. The monoisotopic (exact) mass is 1450 g/mol. The number of fused-ring (bicyclic) bond motifs is 6. The van der Waals surface area contributed by atoms with Crippen LogP contribution in [0.2, 0.25) is 0 Å². The van der Waals surface area contributed by atoms with Crippen LogP contribution in [0.4, 0.5) is 39.5 Å². The summed E-state index contributed by atoms with van der Waals surface area (Å²) in [5, 5.41) is 0. The molecule has 8 heterocycles. The Morgan fingerprint density at radius 3 is 1.20 bits per heavy atom. The molecule has 6 unspecified atom stereocenters. The minimum atomic E-state index is -3.80. The van der Waals surface area contributed by atoms with E-state index in [0.29, 0.717) is 83.0 Å². The van der Waals surface area contributed by atoms with Crippen LogP contribution in [0.5, 0.6) is 0 Å². The molecule has 548 valence electrons. The quantitative estimate of drug-likeness (QED) is 0.0770. The first kappa shape index (κ1) is 77.1. The molecule has 3 aromatic carbocycles. The molecule has 6 N–H and O–H groups in total. The lowest BCUT2D eigenvalue weighted by atomic mass is 9.82.